The molecule has 0 bridgehead atoms. The van der Waals surface area contributed by atoms with Crippen molar-refractivity contribution in [2.45, 2.75) is 12.3 Å². The minimum Gasteiger partial charge on any atom is -0.481 e. The van der Waals surface area contributed by atoms with Gasteiger partial charge in [0, 0.05) is 35.2 Å². The molecule has 0 spiro atoms. The molecular formula is C26H23BrN2O5. The molecule has 8 heteroatoms. The smallest absolute Gasteiger partial charge is 0.411 e. The van der Waals surface area contributed by atoms with Crippen LogP contribution in [0.25, 0.3) is 11.1 Å². The number of carbonyl (C=O) groups is 3. The highest BCUT2D eigenvalue weighted by molar-refractivity contribution is 9.10. The number of nitrogens with zero attached hydrogens (tertiary/aromatic N) is 1. The van der Waals surface area contributed by atoms with Gasteiger partial charge in [0.1, 0.15) is 6.61 Å². The molecule has 1 aliphatic carbocycles. The number of rotatable bonds is 7. The number of hydrogen-bond donors (Lipinski definition) is 2. The molecule has 0 atom stereocenters. The number of halogens is 1. The maximum absolute atomic E-state index is 12.6. The summed E-state index contributed by atoms with van der Waals surface area (Å²) in [4.78, 5) is 37.3. The van der Waals surface area contributed by atoms with E-state index in [9.17, 15) is 14.4 Å². The Hall–Kier alpha value is -3.65. The van der Waals surface area contributed by atoms with Gasteiger partial charge in [0.15, 0.2) is 0 Å². The number of fused-ring (bicyclic) bond motifs is 3. The Kier molecular flexibility index (Phi) is 6.98. The maximum atomic E-state index is 12.6. The molecule has 0 saturated carbocycles. The van der Waals surface area contributed by atoms with E-state index in [1.165, 1.54) is 18.0 Å². The zero-order valence-electron chi connectivity index (χ0n) is 18.5. The lowest BCUT2D eigenvalue weighted by Crippen LogP contribution is -2.29. The van der Waals surface area contributed by atoms with E-state index in [4.69, 9.17) is 9.84 Å². The lowest BCUT2D eigenvalue weighted by molar-refractivity contribution is -0.137. The predicted molar refractivity (Wildman–Crippen MR) is 132 cm³/mol. The first-order valence-corrected chi connectivity index (χ1v) is 11.5. The second-order valence-electron chi connectivity index (χ2n) is 8.05. The van der Waals surface area contributed by atoms with Gasteiger partial charge in [-0.15, -0.1) is 0 Å². The largest absolute Gasteiger partial charge is 0.481 e. The first-order chi connectivity index (χ1) is 16.3. The highest BCUT2D eigenvalue weighted by atomic mass is 79.9. The first-order valence-electron chi connectivity index (χ1n) is 10.7. The third-order valence-electron chi connectivity index (χ3n) is 5.74. The zero-order valence-corrected chi connectivity index (χ0v) is 20.0. The Balaban J connectivity index is 1.43. The summed E-state index contributed by atoms with van der Waals surface area (Å²) in [7, 11) is 1.53. The average Bonchev–Trinajstić information content (AvgIpc) is 3.14. The second-order valence-corrected chi connectivity index (χ2v) is 8.97. The molecule has 3 aromatic carbocycles. The van der Waals surface area contributed by atoms with Crippen LogP contribution in [-0.4, -0.2) is 48.2 Å². The van der Waals surface area contributed by atoms with Crippen LogP contribution in [0.4, 0.5) is 10.5 Å². The maximum Gasteiger partial charge on any atom is 0.411 e. The third-order valence-corrected chi connectivity index (χ3v) is 6.20. The number of nitrogens with one attached hydrogen (secondary N) is 1. The fourth-order valence-electron chi connectivity index (χ4n) is 4.12. The molecule has 0 aliphatic heterocycles. The topological polar surface area (TPSA) is 95.9 Å². The summed E-state index contributed by atoms with van der Waals surface area (Å²) < 4.78 is 6.17. The van der Waals surface area contributed by atoms with Crippen LogP contribution >= 0.6 is 15.9 Å². The normalized spacial score (nSPS) is 11.9. The summed E-state index contributed by atoms with van der Waals surface area (Å²) in [6.45, 7) is 0.257. The van der Waals surface area contributed by atoms with Crippen molar-refractivity contribution in [1.82, 2.24) is 4.90 Å². The van der Waals surface area contributed by atoms with Gasteiger partial charge in [0.05, 0.1) is 6.42 Å². The van der Waals surface area contributed by atoms with E-state index in [-0.39, 0.29) is 31.4 Å². The van der Waals surface area contributed by atoms with Crippen LogP contribution < -0.4 is 5.32 Å². The number of carbonyl (C=O) groups excluding carboxylic acids is 2. The number of aliphatic carboxylic acids is 1. The van der Waals surface area contributed by atoms with Crippen molar-refractivity contribution in [1.29, 1.82) is 0 Å². The zero-order chi connectivity index (χ0) is 24.2. The molecule has 0 saturated heterocycles. The predicted octanol–water partition coefficient (Wildman–Crippen LogP) is 5.36. The number of benzene rings is 3. The lowest BCUT2D eigenvalue weighted by Gasteiger charge is -2.17. The van der Waals surface area contributed by atoms with Crippen LogP contribution in [0.2, 0.25) is 0 Å². The number of ether oxygens (including phenoxy) is 1. The summed E-state index contributed by atoms with van der Waals surface area (Å²) in [5, 5.41) is 11.5. The van der Waals surface area contributed by atoms with Gasteiger partial charge >= 0.3 is 12.1 Å². The van der Waals surface area contributed by atoms with Crippen molar-refractivity contribution in [2.24, 2.45) is 0 Å². The Morgan fingerprint density at radius 1 is 1.00 bits per heavy atom. The van der Waals surface area contributed by atoms with Crippen molar-refractivity contribution in [3.8, 4) is 11.1 Å². The fourth-order valence-corrected chi connectivity index (χ4v) is 4.62. The Morgan fingerprint density at radius 3 is 2.24 bits per heavy atom. The van der Waals surface area contributed by atoms with E-state index in [1.807, 2.05) is 36.4 Å². The highest BCUT2D eigenvalue weighted by Crippen LogP contribution is 2.44. The number of carboxylic acid groups (broad SMARTS) is 1. The van der Waals surface area contributed by atoms with Crippen LogP contribution in [0, 0.1) is 0 Å². The Bertz CT molecular complexity index is 1210. The molecule has 0 aromatic heterocycles. The molecule has 34 heavy (non-hydrogen) atoms. The number of amides is 2. The molecule has 2 amide bonds. The van der Waals surface area contributed by atoms with E-state index in [2.05, 4.69) is 33.4 Å². The van der Waals surface area contributed by atoms with Crippen molar-refractivity contribution in [3.63, 3.8) is 0 Å². The molecular weight excluding hydrogens is 500 g/mol. The minimum atomic E-state index is -0.980. The molecule has 0 unspecified atom stereocenters. The summed E-state index contributed by atoms with van der Waals surface area (Å²) >= 11 is 3.35. The van der Waals surface area contributed by atoms with Crippen LogP contribution in [0.3, 0.4) is 0 Å². The van der Waals surface area contributed by atoms with Gasteiger partial charge in [-0.25, -0.2) is 4.79 Å². The average molecular weight is 523 g/mol. The molecule has 0 fully saturated rings. The summed E-state index contributed by atoms with van der Waals surface area (Å²) in [5.74, 6) is -1.38. The summed E-state index contributed by atoms with van der Waals surface area (Å²) in [6.07, 6.45) is -0.779. The SMILES string of the molecule is CN(CCC(=O)O)C(=O)c1cc(Br)cc(NC(=O)OCC2c3ccccc3-c3ccccc32)c1. The van der Waals surface area contributed by atoms with Gasteiger partial charge in [-0.05, 0) is 40.5 Å². The summed E-state index contributed by atoms with van der Waals surface area (Å²) in [5.41, 5.74) is 5.24. The van der Waals surface area contributed by atoms with Gasteiger partial charge in [0.25, 0.3) is 5.91 Å². The van der Waals surface area contributed by atoms with Gasteiger partial charge in [-0.1, -0.05) is 64.5 Å². The van der Waals surface area contributed by atoms with Crippen molar-refractivity contribution >= 4 is 39.6 Å². The molecule has 174 valence electrons. The molecule has 7 nitrogen and oxygen atoms in total. The molecule has 0 heterocycles. The second kappa shape index (κ2) is 10.1. The first kappa shape index (κ1) is 23.5. The van der Waals surface area contributed by atoms with Crippen molar-refractivity contribution < 1.29 is 24.2 Å². The van der Waals surface area contributed by atoms with Crippen LogP contribution in [0.5, 0.6) is 0 Å². The monoisotopic (exact) mass is 522 g/mol. The molecule has 0 radical (unpaired) electrons. The molecule has 1 aliphatic rings. The number of carboxylic acids is 1. The van der Waals surface area contributed by atoms with Gasteiger partial charge in [-0.2, -0.15) is 0 Å². The van der Waals surface area contributed by atoms with E-state index in [1.54, 1.807) is 12.1 Å². The van der Waals surface area contributed by atoms with E-state index in [0.717, 1.165) is 22.3 Å². The molecule has 2 N–H and O–H groups in total. The third kappa shape index (κ3) is 5.12. The molecule has 4 rings (SSSR count). The standard InChI is InChI=1S/C26H23BrN2O5/c1-29(11-10-24(30)31)25(32)16-12-17(27)14-18(13-16)28-26(33)34-15-23-21-8-4-2-6-19(21)20-7-3-5-9-22(20)23/h2-9,12-14,23H,10-11,15H2,1H3,(H,28,33)(H,30,31). The molecule has 3 aromatic rings. The van der Waals surface area contributed by atoms with Crippen molar-refractivity contribution in [2.75, 3.05) is 25.5 Å². The fraction of sp³-hybridized carbons (Fsp3) is 0.192. The Labute approximate surface area is 205 Å². The lowest BCUT2D eigenvalue weighted by atomic mass is 9.98. The minimum absolute atomic E-state index is 0.0549. The van der Waals surface area contributed by atoms with Gasteiger partial charge < -0.3 is 14.7 Å². The van der Waals surface area contributed by atoms with Gasteiger partial charge in [-0.3, -0.25) is 14.9 Å². The van der Waals surface area contributed by atoms with Gasteiger partial charge in [0.2, 0.25) is 0 Å². The number of anilines is 1. The summed E-state index contributed by atoms with van der Waals surface area (Å²) in [6, 6.07) is 21.0. The van der Waals surface area contributed by atoms with Crippen LogP contribution in [0.15, 0.2) is 71.2 Å². The number of hydrogen-bond acceptors (Lipinski definition) is 4. The van der Waals surface area contributed by atoms with Crippen LogP contribution in [0.1, 0.15) is 33.8 Å². The highest BCUT2D eigenvalue weighted by Gasteiger charge is 2.29. The Morgan fingerprint density at radius 2 is 1.62 bits per heavy atom. The van der Waals surface area contributed by atoms with E-state index < -0.39 is 12.1 Å². The van der Waals surface area contributed by atoms with Crippen LogP contribution in [-0.2, 0) is 9.53 Å². The van der Waals surface area contributed by atoms with E-state index in [0.29, 0.717) is 15.7 Å². The van der Waals surface area contributed by atoms with E-state index >= 15 is 0 Å². The van der Waals surface area contributed by atoms with Crippen molar-refractivity contribution in [3.05, 3.63) is 87.9 Å². The quantitative estimate of drug-likeness (QED) is 0.435.